The average molecular weight is 198 g/mol. The van der Waals surface area contributed by atoms with Gasteiger partial charge in [0.05, 0.1) is 0 Å². The van der Waals surface area contributed by atoms with Gasteiger partial charge in [-0.15, -0.1) is 0 Å². The lowest BCUT2D eigenvalue weighted by Gasteiger charge is -2.24. The highest BCUT2D eigenvalue weighted by atomic mass is 15.2. The first-order chi connectivity index (χ1) is 6.77. The van der Waals surface area contributed by atoms with Gasteiger partial charge in [-0.05, 0) is 38.8 Å². The summed E-state index contributed by atoms with van der Waals surface area (Å²) >= 11 is 0. The van der Waals surface area contributed by atoms with Crippen molar-refractivity contribution >= 4 is 0 Å². The van der Waals surface area contributed by atoms with Crippen molar-refractivity contribution in [2.75, 3.05) is 26.2 Å². The van der Waals surface area contributed by atoms with E-state index in [2.05, 4.69) is 31.0 Å². The second kappa shape index (κ2) is 6.41. The molecule has 1 rings (SSSR count). The van der Waals surface area contributed by atoms with E-state index in [0.717, 1.165) is 25.0 Å². The van der Waals surface area contributed by atoms with Gasteiger partial charge in [-0.3, -0.25) is 4.90 Å². The van der Waals surface area contributed by atoms with Gasteiger partial charge in [0.1, 0.15) is 0 Å². The van der Waals surface area contributed by atoms with Crippen LogP contribution in [0.4, 0.5) is 0 Å². The molecule has 2 nitrogen and oxygen atoms in total. The Bertz CT molecular complexity index is 147. The largest absolute Gasteiger partial charge is 0.315 e. The minimum absolute atomic E-state index is 0.720. The third-order valence-electron chi connectivity index (χ3n) is 3.38. The Morgan fingerprint density at radius 1 is 1.43 bits per heavy atom. The Morgan fingerprint density at radius 2 is 2.21 bits per heavy atom. The van der Waals surface area contributed by atoms with Crippen molar-refractivity contribution in [2.24, 2.45) is 5.92 Å². The summed E-state index contributed by atoms with van der Waals surface area (Å²) in [5, 5.41) is 3.50. The molecule has 1 fully saturated rings. The highest BCUT2D eigenvalue weighted by Gasteiger charge is 2.24. The molecule has 0 aromatic heterocycles. The van der Waals surface area contributed by atoms with Crippen LogP contribution in [0, 0.1) is 5.92 Å². The summed E-state index contributed by atoms with van der Waals surface area (Å²) < 4.78 is 0. The molecular weight excluding hydrogens is 172 g/mol. The number of likely N-dealkylation sites (tertiary alicyclic amines) is 1. The molecule has 0 spiro atoms. The molecule has 1 saturated heterocycles. The number of rotatable bonds is 6. The lowest BCUT2D eigenvalue weighted by molar-refractivity contribution is 0.242. The van der Waals surface area contributed by atoms with Crippen LogP contribution >= 0.6 is 0 Å². The first-order valence-corrected chi connectivity index (χ1v) is 6.22. The van der Waals surface area contributed by atoms with Gasteiger partial charge in [0.25, 0.3) is 0 Å². The van der Waals surface area contributed by atoms with Crippen molar-refractivity contribution < 1.29 is 0 Å². The Kier molecular flexibility index (Phi) is 5.49. The third-order valence-corrected chi connectivity index (χ3v) is 3.38. The van der Waals surface area contributed by atoms with E-state index in [1.807, 2.05) is 0 Å². The maximum atomic E-state index is 3.50. The second-order valence-electron chi connectivity index (χ2n) is 4.61. The Labute approximate surface area is 89.1 Å². The topological polar surface area (TPSA) is 15.3 Å². The third kappa shape index (κ3) is 3.58. The van der Waals surface area contributed by atoms with Crippen molar-refractivity contribution in [1.29, 1.82) is 0 Å². The molecule has 0 radical (unpaired) electrons. The summed E-state index contributed by atoms with van der Waals surface area (Å²) in [5.74, 6) is 0.962. The van der Waals surface area contributed by atoms with E-state index in [9.17, 15) is 0 Å². The smallest absolute Gasteiger partial charge is 0.0192 e. The molecule has 14 heavy (non-hydrogen) atoms. The fourth-order valence-corrected chi connectivity index (χ4v) is 2.21. The van der Waals surface area contributed by atoms with Gasteiger partial charge in [-0.2, -0.15) is 0 Å². The Balaban J connectivity index is 2.15. The fraction of sp³-hybridized carbons (Fsp3) is 1.00. The predicted molar refractivity (Wildman–Crippen MR) is 62.6 cm³/mol. The molecule has 2 heteroatoms. The zero-order valence-electron chi connectivity index (χ0n) is 10.1. The molecule has 2 atom stereocenters. The Hall–Kier alpha value is -0.0800. The molecule has 0 bridgehead atoms. The van der Waals surface area contributed by atoms with Crippen LogP contribution in [0.15, 0.2) is 0 Å². The van der Waals surface area contributed by atoms with Crippen molar-refractivity contribution in [3.63, 3.8) is 0 Å². The maximum Gasteiger partial charge on any atom is 0.0192 e. The monoisotopic (exact) mass is 198 g/mol. The number of nitrogens with zero attached hydrogens (tertiary/aromatic N) is 1. The normalized spacial score (nSPS) is 25.5. The van der Waals surface area contributed by atoms with E-state index in [1.54, 1.807) is 0 Å². The van der Waals surface area contributed by atoms with Gasteiger partial charge in [0.15, 0.2) is 0 Å². The van der Waals surface area contributed by atoms with E-state index in [0.29, 0.717) is 0 Å². The van der Waals surface area contributed by atoms with E-state index in [-0.39, 0.29) is 0 Å². The lowest BCUT2D eigenvalue weighted by atomic mass is 10.1. The van der Waals surface area contributed by atoms with Crippen LogP contribution in [0.1, 0.15) is 40.0 Å². The minimum atomic E-state index is 0.720. The Morgan fingerprint density at radius 3 is 2.79 bits per heavy atom. The maximum absolute atomic E-state index is 3.50. The molecule has 0 saturated carbocycles. The van der Waals surface area contributed by atoms with Gasteiger partial charge in [-0.25, -0.2) is 0 Å². The molecule has 1 N–H and O–H groups in total. The number of hydrogen-bond donors (Lipinski definition) is 1. The van der Waals surface area contributed by atoms with Crippen molar-refractivity contribution in [3.8, 4) is 0 Å². The molecule has 1 heterocycles. The zero-order valence-corrected chi connectivity index (χ0v) is 10.1. The van der Waals surface area contributed by atoms with Gasteiger partial charge in [-0.1, -0.05) is 20.3 Å². The number of nitrogens with one attached hydrogen (secondary N) is 1. The van der Waals surface area contributed by atoms with Crippen LogP contribution in [0.2, 0.25) is 0 Å². The molecule has 1 aliphatic rings. The van der Waals surface area contributed by atoms with Gasteiger partial charge in [0, 0.05) is 19.1 Å². The van der Waals surface area contributed by atoms with Crippen molar-refractivity contribution in [1.82, 2.24) is 10.2 Å². The summed E-state index contributed by atoms with van der Waals surface area (Å²) in [7, 11) is 0. The quantitative estimate of drug-likeness (QED) is 0.658. The van der Waals surface area contributed by atoms with Crippen LogP contribution in [-0.2, 0) is 0 Å². The first kappa shape index (κ1) is 12.0. The van der Waals surface area contributed by atoms with E-state index in [1.165, 1.54) is 32.4 Å². The SMILES string of the molecule is CCCNCC(C)N1CCC(CC)C1. The van der Waals surface area contributed by atoms with Crippen LogP contribution in [0.5, 0.6) is 0 Å². The molecule has 0 aliphatic carbocycles. The summed E-state index contributed by atoms with van der Waals surface area (Å²) in [4.78, 5) is 2.64. The summed E-state index contributed by atoms with van der Waals surface area (Å²) in [6.45, 7) is 11.8. The molecule has 0 aromatic rings. The average Bonchev–Trinajstić information content (AvgIpc) is 2.66. The fourth-order valence-electron chi connectivity index (χ4n) is 2.21. The minimum Gasteiger partial charge on any atom is -0.315 e. The van der Waals surface area contributed by atoms with Gasteiger partial charge in [0.2, 0.25) is 0 Å². The van der Waals surface area contributed by atoms with Gasteiger partial charge >= 0.3 is 0 Å². The van der Waals surface area contributed by atoms with Crippen LogP contribution in [0.3, 0.4) is 0 Å². The predicted octanol–water partition coefficient (Wildman–Crippen LogP) is 2.11. The highest BCUT2D eigenvalue weighted by molar-refractivity contribution is 4.79. The van der Waals surface area contributed by atoms with Crippen LogP contribution < -0.4 is 5.32 Å². The van der Waals surface area contributed by atoms with Crippen molar-refractivity contribution in [3.05, 3.63) is 0 Å². The summed E-state index contributed by atoms with van der Waals surface area (Å²) in [6.07, 6.45) is 4.00. The van der Waals surface area contributed by atoms with Crippen molar-refractivity contribution in [2.45, 2.75) is 46.1 Å². The molecule has 84 valence electrons. The molecule has 1 aliphatic heterocycles. The zero-order chi connectivity index (χ0) is 10.4. The van der Waals surface area contributed by atoms with E-state index < -0.39 is 0 Å². The second-order valence-corrected chi connectivity index (χ2v) is 4.61. The molecular formula is C12H26N2. The van der Waals surface area contributed by atoms with Crippen LogP contribution in [0.25, 0.3) is 0 Å². The highest BCUT2D eigenvalue weighted by Crippen LogP contribution is 2.20. The van der Waals surface area contributed by atoms with Crippen LogP contribution in [-0.4, -0.2) is 37.1 Å². The summed E-state index contributed by atoms with van der Waals surface area (Å²) in [5.41, 5.74) is 0. The standard InChI is InChI=1S/C12H26N2/c1-4-7-13-9-11(3)14-8-6-12(5-2)10-14/h11-13H,4-10H2,1-3H3. The molecule has 2 unspecified atom stereocenters. The van der Waals surface area contributed by atoms with E-state index >= 15 is 0 Å². The number of hydrogen-bond acceptors (Lipinski definition) is 2. The van der Waals surface area contributed by atoms with E-state index in [4.69, 9.17) is 0 Å². The lowest BCUT2D eigenvalue weighted by Crippen LogP contribution is -2.39. The molecule has 0 amide bonds. The first-order valence-electron chi connectivity index (χ1n) is 6.22. The summed E-state index contributed by atoms with van der Waals surface area (Å²) in [6, 6.07) is 0.720. The van der Waals surface area contributed by atoms with Gasteiger partial charge < -0.3 is 5.32 Å². The molecule has 0 aromatic carbocycles.